The van der Waals surface area contributed by atoms with Crippen molar-refractivity contribution in [2.45, 2.75) is 59.0 Å². The van der Waals surface area contributed by atoms with Crippen molar-refractivity contribution in [3.8, 4) is 11.1 Å². The van der Waals surface area contributed by atoms with Crippen molar-refractivity contribution in [3.63, 3.8) is 0 Å². The van der Waals surface area contributed by atoms with Crippen LogP contribution in [0.3, 0.4) is 0 Å². The van der Waals surface area contributed by atoms with Crippen molar-refractivity contribution >= 4 is 86.0 Å². The number of nitrogens with one attached hydrogen (secondary N) is 1. The third-order valence-electron chi connectivity index (χ3n) is 17.9. The van der Waals surface area contributed by atoms with Crippen LogP contribution in [0.25, 0.3) is 43.8 Å². The molecule has 8 heterocycles. The molecule has 26 heteroatoms. The highest BCUT2D eigenvalue weighted by atomic mass is 35.5. The molecular formula is C77H93ClN12O13. The van der Waals surface area contributed by atoms with Crippen LogP contribution in [0.2, 0.25) is 0 Å². The number of ether oxygens (including phenoxy) is 7. The number of aliphatic imine (C=N–C) groups is 1. The van der Waals surface area contributed by atoms with E-state index in [9.17, 15) is 24.0 Å². The molecule has 103 heavy (non-hydrogen) atoms. The van der Waals surface area contributed by atoms with Crippen molar-refractivity contribution in [1.29, 1.82) is 0 Å². The van der Waals surface area contributed by atoms with Crippen molar-refractivity contribution < 1.29 is 62.2 Å². The molecule has 14 rings (SSSR count). The van der Waals surface area contributed by atoms with Crippen LogP contribution in [-0.2, 0) is 65.8 Å². The molecular weight excluding hydrogens is 1340 g/mol. The highest BCUT2D eigenvalue weighted by molar-refractivity contribution is 6.18. The van der Waals surface area contributed by atoms with Crippen LogP contribution >= 0.6 is 11.6 Å². The van der Waals surface area contributed by atoms with Crippen molar-refractivity contribution in [1.82, 2.24) is 48.9 Å². The Labute approximate surface area is 605 Å². The number of nitrogens with zero attached hydrogens (tertiary/aromatic N) is 11. The predicted octanol–water partition coefficient (Wildman–Crippen LogP) is 9.99. The fourth-order valence-corrected chi connectivity index (χ4v) is 12.4. The number of carbonyl (C=O) groups is 5. The number of hydrogen-bond donors (Lipinski definition) is 2. The van der Waals surface area contributed by atoms with Crippen LogP contribution < -0.4 is 5.32 Å². The third-order valence-corrected chi connectivity index (χ3v) is 18.0. The van der Waals surface area contributed by atoms with Gasteiger partial charge in [0.15, 0.2) is 5.78 Å². The number of halogens is 1. The first-order chi connectivity index (χ1) is 50.0. The smallest absolute Gasteiger partial charge is 0.412 e. The summed E-state index contributed by atoms with van der Waals surface area (Å²) in [5.74, 6) is -0.838. The lowest BCUT2D eigenvalue weighted by molar-refractivity contribution is 0.0361. The van der Waals surface area contributed by atoms with Crippen LogP contribution in [0, 0.1) is 0 Å². The molecule has 0 saturated carbocycles. The molecule has 6 aromatic carbocycles. The number of methoxy groups -OCH3 is 2. The van der Waals surface area contributed by atoms with Gasteiger partial charge in [-0.25, -0.2) is 19.2 Å². The van der Waals surface area contributed by atoms with Gasteiger partial charge in [0.05, 0.1) is 145 Å². The number of carboxylic acids is 1. The van der Waals surface area contributed by atoms with Gasteiger partial charge in [0, 0.05) is 124 Å². The Morgan fingerprint density at radius 1 is 0.505 bits per heavy atom. The van der Waals surface area contributed by atoms with Gasteiger partial charge < -0.3 is 38.3 Å². The Morgan fingerprint density at radius 3 is 1.41 bits per heavy atom. The van der Waals surface area contributed by atoms with Crippen LogP contribution in [0.1, 0.15) is 78.9 Å². The molecule has 5 aliphatic heterocycles. The number of carbonyl (C=O) groups excluding carboxylic acids is 4. The lowest BCUT2D eigenvalue weighted by Gasteiger charge is -2.26. The SMILES string of the molecule is CC(C)(C)OC(=O)Nc1ccc(-c2ccccc2)cc1CC(=O)c1ccc2c(cnn2CCN2CCOCC2)c1.COC(=O)c1ccc2c(c1)C=NC2.COC(=O)c1ccc2c(cnn2CCN2CCOCC2)c1.ClCCN1CCOCC1.O=C(O)c1ccc2c(cnn2CCN2CCOCC2)c1. The highest BCUT2D eigenvalue weighted by Gasteiger charge is 2.22. The molecule has 546 valence electrons. The number of hydrogen-bond acceptors (Lipinski definition) is 20. The van der Waals surface area contributed by atoms with Gasteiger partial charge >= 0.3 is 24.0 Å². The van der Waals surface area contributed by atoms with Crippen LogP contribution in [0.15, 0.2) is 145 Å². The first kappa shape index (κ1) is 76.4. The summed E-state index contributed by atoms with van der Waals surface area (Å²) in [6, 6.07) is 37.5. The van der Waals surface area contributed by atoms with Gasteiger partial charge in [-0.1, -0.05) is 42.5 Å². The minimum Gasteiger partial charge on any atom is -0.478 e. The third kappa shape index (κ3) is 22.6. The molecule has 3 aromatic heterocycles. The summed E-state index contributed by atoms with van der Waals surface area (Å²) >= 11 is 5.55. The molecule has 4 fully saturated rings. The number of aromatic nitrogens is 6. The number of ketones is 1. The van der Waals surface area contributed by atoms with E-state index in [1.54, 1.807) is 48.9 Å². The molecule has 0 radical (unpaired) electrons. The largest absolute Gasteiger partial charge is 0.478 e. The molecule has 0 atom stereocenters. The van der Waals surface area contributed by atoms with Crippen LogP contribution in [-0.4, -0.2) is 247 Å². The molecule has 1 amide bonds. The summed E-state index contributed by atoms with van der Waals surface area (Å²) in [7, 11) is 2.77. The maximum Gasteiger partial charge on any atom is 0.412 e. The summed E-state index contributed by atoms with van der Waals surface area (Å²) < 4.78 is 42.0. The number of fused-ring (bicyclic) bond motifs is 4. The number of Topliss-reactive ketones (excluding diaryl/α,β-unsaturated/α-hetero) is 1. The van der Waals surface area contributed by atoms with Gasteiger partial charge in [-0.05, 0) is 127 Å². The quantitative estimate of drug-likeness (QED) is 0.0330. The summed E-state index contributed by atoms with van der Waals surface area (Å²) in [6.07, 6.45) is 6.68. The van der Waals surface area contributed by atoms with E-state index in [0.29, 0.717) is 27.9 Å². The number of esters is 2. The number of rotatable bonds is 19. The van der Waals surface area contributed by atoms with E-state index in [2.05, 4.69) is 49.9 Å². The normalized spacial score (nSPS) is 15.6. The van der Waals surface area contributed by atoms with E-state index in [1.807, 2.05) is 132 Å². The maximum atomic E-state index is 13.5. The Hall–Kier alpha value is -9.28. The molecule has 0 bridgehead atoms. The predicted molar refractivity (Wildman–Crippen MR) is 396 cm³/mol. The number of benzene rings is 6. The lowest BCUT2D eigenvalue weighted by atomic mass is 9.96. The Kier molecular flexibility index (Phi) is 28.4. The molecule has 9 aromatic rings. The molecule has 0 unspecified atom stereocenters. The summed E-state index contributed by atoms with van der Waals surface area (Å²) in [5.41, 5.74) is 9.87. The first-order valence-electron chi connectivity index (χ1n) is 34.9. The second-order valence-corrected chi connectivity index (χ2v) is 26.4. The van der Waals surface area contributed by atoms with Crippen molar-refractivity contribution in [2.24, 2.45) is 4.99 Å². The summed E-state index contributed by atoms with van der Waals surface area (Å²) in [4.78, 5) is 73.2. The second-order valence-electron chi connectivity index (χ2n) is 26.1. The van der Waals surface area contributed by atoms with Crippen LogP contribution in [0.5, 0.6) is 0 Å². The zero-order valence-corrected chi connectivity index (χ0v) is 60.1. The molecule has 2 N–H and O–H groups in total. The number of carboxylic acid groups (broad SMARTS) is 1. The monoisotopic (exact) mass is 1430 g/mol. The number of anilines is 1. The molecule has 0 spiro atoms. The van der Waals surface area contributed by atoms with E-state index >= 15 is 0 Å². The Morgan fingerprint density at radius 2 is 0.942 bits per heavy atom. The maximum absolute atomic E-state index is 13.5. The zero-order chi connectivity index (χ0) is 72.5. The van der Waals surface area contributed by atoms with E-state index < -0.39 is 17.7 Å². The van der Waals surface area contributed by atoms with Crippen molar-refractivity contribution in [2.75, 3.05) is 157 Å². The first-order valence-corrected chi connectivity index (χ1v) is 35.4. The molecule has 5 aliphatic rings. The average Bonchev–Trinajstić information content (AvgIpc) is 1.76. The second kappa shape index (κ2) is 38.3. The average molecular weight is 1430 g/mol. The number of morpholine rings is 4. The van der Waals surface area contributed by atoms with Gasteiger partial charge in [-0.2, -0.15) is 15.3 Å². The van der Waals surface area contributed by atoms with Gasteiger partial charge in [-0.3, -0.25) is 48.7 Å². The fraction of sp³-hybridized carbons (Fsp3) is 0.416. The molecule has 25 nitrogen and oxygen atoms in total. The van der Waals surface area contributed by atoms with Gasteiger partial charge in [0.1, 0.15) is 5.60 Å². The van der Waals surface area contributed by atoms with E-state index in [4.69, 9.17) is 45.1 Å². The number of alkyl halides is 1. The van der Waals surface area contributed by atoms with E-state index in [1.165, 1.54) is 14.2 Å². The van der Waals surface area contributed by atoms with Crippen LogP contribution in [0.4, 0.5) is 10.5 Å². The van der Waals surface area contributed by atoms with Crippen molar-refractivity contribution in [3.05, 3.63) is 179 Å². The minimum atomic E-state index is -0.909. The highest BCUT2D eigenvalue weighted by Crippen LogP contribution is 2.29. The van der Waals surface area contributed by atoms with E-state index in [0.717, 1.165) is 224 Å². The van der Waals surface area contributed by atoms with E-state index in [-0.39, 0.29) is 24.1 Å². The lowest BCUT2D eigenvalue weighted by Crippen LogP contribution is -2.38. The Balaban J connectivity index is 0.000000152. The molecule has 0 aliphatic carbocycles. The van der Waals surface area contributed by atoms with Gasteiger partial charge in [0.2, 0.25) is 0 Å². The van der Waals surface area contributed by atoms with Gasteiger partial charge in [-0.15, -0.1) is 11.6 Å². The topological polar surface area (TPSA) is 261 Å². The summed E-state index contributed by atoms with van der Waals surface area (Å²) in [6.45, 7) is 26.7. The number of aromatic carboxylic acids is 1. The fourth-order valence-electron chi connectivity index (χ4n) is 12.2. The Bertz CT molecular complexity index is 4300. The number of amides is 1. The standard InChI is InChI=1S/C32H36N4O4.C15H19N3O3.C14H17N3O3.C10H9NO2.C6H12ClNO/c1-32(2,3)40-31(38)34-28-11-9-24(23-7-5-4-6-8-23)19-26(28)21-30(37)25-10-12-29-27(20-25)22-33-36(29)14-13-35-15-17-39-18-16-35;1-20-15(19)12-2-3-14-13(10-12)11-16-18(14)5-4-17-6-8-21-9-7-17;18-14(19)11-1-2-13-12(9-11)10-15-17(13)4-3-16-5-7-20-8-6-16;1-13-10(12)7-2-3-8-5-11-6-9(8)4-7;7-1-2-8-3-5-9-6-4-8/h4-12,19-20,22H,13-18,21H2,1-3H3,(H,34,38);2-3,10-11H,4-9H2,1H3;1-2,9-10H,3-8H2,(H,18,19);2-4,6H,5H2,1H3;1-6H2. The van der Waals surface area contributed by atoms with Gasteiger partial charge in [0.25, 0.3) is 0 Å². The zero-order valence-electron chi connectivity index (χ0n) is 59.4. The summed E-state index contributed by atoms with van der Waals surface area (Å²) in [5, 5.41) is 27.9. The molecule has 4 saturated heterocycles. The minimum absolute atomic E-state index is 0.0413.